The predicted octanol–water partition coefficient (Wildman–Crippen LogP) is 3.09. The number of aromatic nitrogens is 1. The highest BCUT2D eigenvalue weighted by molar-refractivity contribution is 5.92. The molecule has 0 radical (unpaired) electrons. The van der Waals surface area contributed by atoms with Gasteiger partial charge in [-0.25, -0.2) is 9.37 Å². The normalized spacial score (nSPS) is 13.5. The lowest BCUT2D eigenvalue weighted by molar-refractivity contribution is 0.0985. The molecule has 3 rings (SSSR count). The quantitative estimate of drug-likeness (QED) is 0.947. The van der Waals surface area contributed by atoms with E-state index in [1.165, 1.54) is 6.07 Å². The molecule has 2 N–H and O–H groups in total. The lowest BCUT2D eigenvalue weighted by Crippen LogP contribution is -2.19. The SMILES string of the molecule is C=C(C)c1ccc(-c2cc(C(N)=O)nc3c2CCOC3)c(F)c1. The third kappa shape index (κ3) is 2.87. The molecule has 0 aliphatic carbocycles. The first kappa shape index (κ1) is 15.4. The van der Waals surface area contributed by atoms with Crippen LogP contribution < -0.4 is 5.73 Å². The molecular formula is C18H17FN2O2. The van der Waals surface area contributed by atoms with Crippen LogP contribution in [0.15, 0.2) is 30.8 Å². The van der Waals surface area contributed by atoms with Crippen molar-refractivity contribution in [2.24, 2.45) is 5.73 Å². The maximum Gasteiger partial charge on any atom is 0.267 e. The molecule has 2 heterocycles. The molecule has 0 unspecified atom stereocenters. The van der Waals surface area contributed by atoms with Crippen molar-refractivity contribution in [3.63, 3.8) is 0 Å². The average molecular weight is 312 g/mol. The van der Waals surface area contributed by atoms with Gasteiger partial charge >= 0.3 is 0 Å². The van der Waals surface area contributed by atoms with Crippen molar-refractivity contribution >= 4 is 11.5 Å². The Kier molecular flexibility index (Phi) is 3.96. The number of allylic oxidation sites excluding steroid dienone is 1. The van der Waals surface area contributed by atoms with Gasteiger partial charge < -0.3 is 10.5 Å². The van der Waals surface area contributed by atoms with Crippen molar-refractivity contribution in [2.75, 3.05) is 6.61 Å². The Labute approximate surface area is 133 Å². The Morgan fingerprint density at radius 2 is 2.13 bits per heavy atom. The number of amides is 1. The smallest absolute Gasteiger partial charge is 0.267 e. The lowest BCUT2D eigenvalue weighted by atomic mass is 9.93. The van der Waals surface area contributed by atoms with Crippen LogP contribution in [0.5, 0.6) is 0 Å². The zero-order valence-corrected chi connectivity index (χ0v) is 12.9. The first-order chi connectivity index (χ1) is 11.0. The summed E-state index contributed by atoms with van der Waals surface area (Å²) in [4.78, 5) is 15.8. The van der Waals surface area contributed by atoms with Crippen molar-refractivity contribution in [3.8, 4) is 11.1 Å². The Balaban J connectivity index is 2.20. The van der Waals surface area contributed by atoms with Gasteiger partial charge in [0.1, 0.15) is 11.5 Å². The van der Waals surface area contributed by atoms with Crippen molar-refractivity contribution < 1.29 is 13.9 Å². The maximum absolute atomic E-state index is 14.6. The topological polar surface area (TPSA) is 65.2 Å². The number of carbonyl (C=O) groups excluding carboxylic acids is 1. The second kappa shape index (κ2) is 5.93. The minimum atomic E-state index is -0.640. The van der Waals surface area contributed by atoms with Crippen LogP contribution in [0.25, 0.3) is 16.7 Å². The third-order valence-corrected chi connectivity index (χ3v) is 3.95. The van der Waals surface area contributed by atoms with Gasteiger partial charge in [0.25, 0.3) is 5.91 Å². The van der Waals surface area contributed by atoms with E-state index in [-0.39, 0.29) is 11.5 Å². The van der Waals surface area contributed by atoms with Gasteiger partial charge in [-0.2, -0.15) is 0 Å². The van der Waals surface area contributed by atoms with Crippen molar-refractivity contribution in [3.05, 3.63) is 59.2 Å². The van der Waals surface area contributed by atoms with Crippen molar-refractivity contribution in [1.29, 1.82) is 0 Å². The number of ether oxygens (including phenoxy) is 1. The van der Waals surface area contributed by atoms with Crippen LogP contribution in [0, 0.1) is 5.82 Å². The molecule has 1 aromatic carbocycles. The molecule has 0 saturated carbocycles. The zero-order chi connectivity index (χ0) is 16.6. The Morgan fingerprint density at radius 3 is 2.78 bits per heavy atom. The van der Waals surface area contributed by atoms with E-state index in [1.54, 1.807) is 12.1 Å². The second-order valence-corrected chi connectivity index (χ2v) is 5.62. The van der Waals surface area contributed by atoms with Gasteiger partial charge in [-0.15, -0.1) is 0 Å². The van der Waals surface area contributed by atoms with Crippen LogP contribution in [0.3, 0.4) is 0 Å². The fourth-order valence-electron chi connectivity index (χ4n) is 2.73. The van der Waals surface area contributed by atoms with E-state index < -0.39 is 5.91 Å². The molecule has 1 aliphatic heterocycles. The van der Waals surface area contributed by atoms with Gasteiger partial charge in [0.2, 0.25) is 0 Å². The van der Waals surface area contributed by atoms with E-state index in [4.69, 9.17) is 10.5 Å². The summed E-state index contributed by atoms with van der Waals surface area (Å²) in [5, 5.41) is 0. The van der Waals surface area contributed by atoms with Gasteiger partial charge in [0, 0.05) is 5.56 Å². The fourth-order valence-corrected chi connectivity index (χ4v) is 2.73. The highest BCUT2D eigenvalue weighted by Gasteiger charge is 2.21. The van der Waals surface area contributed by atoms with Crippen molar-refractivity contribution in [1.82, 2.24) is 4.98 Å². The first-order valence-corrected chi connectivity index (χ1v) is 7.33. The molecule has 118 valence electrons. The number of nitrogens with two attached hydrogens (primary N) is 1. The van der Waals surface area contributed by atoms with Gasteiger partial charge in [0.05, 0.1) is 18.9 Å². The fraction of sp³-hybridized carbons (Fsp3) is 0.222. The van der Waals surface area contributed by atoms with Gasteiger partial charge in [-0.1, -0.05) is 24.3 Å². The van der Waals surface area contributed by atoms with Crippen LogP contribution >= 0.6 is 0 Å². The molecule has 2 aromatic rings. The number of hydrogen-bond donors (Lipinski definition) is 1. The third-order valence-electron chi connectivity index (χ3n) is 3.95. The lowest BCUT2D eigenvalue weighted by Gasteiger charge is -2.20. The van der Waals surface area contributed by atoms with Crippen LogP contribution in [0.2, 0.25) is 0 Å². The number of primary amides is 1. The summed E-state index contributed by atoms with van der Waals surface area (Å²) in [6, 6.07) is 6.53. The summed E-state index contributed by atoms with van der Waals surface area (Å²) in [5.41, 5.74) is 9.63. The van der Waals surface area contributed by atoms with Crippen molar-refractivity contribution in [2.45, 2.75) is 20.0 Å². The summed E-state index contributed by atoms with van der Waals surface area (Å²) >= 11 is 0. The number of nitrogens with zero attached hydrogens (tertiary/aromatic N) is 1. The number of fused-ring (bicyclic) bond motifs is 1. The summed E-state index contributed by atoms with van der Waals surface area (Å²) in [7, 11) is 0. The molecule has 4 nitrogen and oxygen atoms in total. The van der Waals surface area contributed by atoms with E-state index >= 15 is 0 Å². The monoisotopic (exact) mass is 312 g/mol. The number of carbonyl (C=O) groups is 1. The van der Waals surface area contributed by atoms with E-state index in [9.17, 15) is 9.18 Å². The molecule has 0 spiro atoms. The molecule has 1 amide bonds. The Bertz CT molecular complexity index is 815. The van der Waals surface area contributed by atoms with Gasteiger partial charge in [-0.05, 0) is 42.2 Å². The first-order valence-electron chi connectivity index (χ1n) is 7.33. The summed E-state index contributed by atoms with van der Waals surface area (Å²) in [6.45, 7) is 6.49. The molecule has 0 bridgehead atoms. The van der Waals surface area contributed by atoms with Crippen LogP contribution in [0.1, 0.15) is 34.2 Å². The highest BCUT2D eigenvalue weighted by atomic mass is 19.1. The number of benzene rings is 1. The van der Waals surface area contributed by atoms with E-state index in [1.807, 2.05) is 13.0 Å². The largest absolute Gasteiger partial charge is 0.375 e. The summed E-state index contributed by atoms with van der Waals surface area (Å²) in [5.74, 6) is -1.00. The standard InChI is InChI=1S/C18H17FN2O2/c1-10(2)11-3-4-12(15(19)7-11)14-8-16(18(20)22)21-17-9-23-6-5-13(14)17/h3-4,7-8H,1,5-6,9H2,2H3,(H2,20,22). The number of hydrogen-bond acceptors (Lipinski definition) is 3. The molecule has 1 aromatic heterocycles. The minimum absolute atomic E-state index is 0.118. The van der Waals surface area contributed by atoms with Gasteiger partial charge in [-0.3, -0.25) is 4.79 Å². The molecular weight excluding hydrogens is 295 g/mol. The van der Waals surface area contributed by atoms with Crippen LogP contribution in [-0.2, 0) is 17.8 Å². The van der Waals surface area contributed by atoms with E-state index in [0.717, 1.165) is 16.7 Å². The van der Waals surface area contributed by atoms with Gasteiger partial charge in [0.15, 0.2) is 0 Å². The highest BCUT2D eigenvalue weighted by Crippen LogP contribution is 2.32. The molecule has 23 heavy (non-hydrogen) atoms. The Morgan fingerprint density at radius 1 is 1.35 bits per heavy atom. The molecule has 5 heteroatoms. The minimum Gasteiger partial charge on any atom is -0.375 e. The molecule has 0 fully saturated rings. The molecule has 1 aliphatic rings. The summed E-state index contributed by atoms with van der Waals surface area (Å²) < 4.78 is 20.0. The average Bonchev–Trinajstić information content (AvgIpc) is 2.53. The maximum atomic E-state index is 14.6. The second-order valence-electron chi connectivity index (χ2n) is 5.62. The number of pyridine rings is 1. The molecule has 0 atom stereocenters. The number of halogens is 1. The Hall–Kier alpha value is -2.53. The predicted molar refractivity (Wildman–Crippen MR) is 86.2 cm³/mol. The zero-order valence-electron chi connectivity index (χ0n) is 12.9. The van der Waals surface area contributed by atoms with E-state index in [0.29, 0.717) is 36.5 Å². The van der Waals surface area contributed by atoms with E-state index in [2.05, 4.69) is 11.6 Å². The molecule has 0 saturated heterocycles. The van der Waals surface area contributed by atoms with Crippen LogP contribution in [0.4, 0.5) is 4.39 Å². The summed E-state index contributed by atoms with van der Waals surface area (Å²) in [6.07, 6.45) is 0.623. The van der Waals surface area contributed by atoms with Crippen LogP contribution in [-0.4, -0.2) is 17.5 Å². The number of rotatable bonds is 3.